The van der Waals surface area contributed by atoms with Crippen molar-refractivity contribution in [3.8, 4) is 5.75 Å². The third-order valence-corrected chi connectivity index (χ3v) is 6.69. The Labute approximate surface area is 183 Å². The van der Waals surface area contributed by atoms with Crippen molar-refractivity contribution < 1.29 is 9.84 Å². The highest BCUT2D eigenvalue weighted by Gasteiger charge is 2.28. The molecule has 5 rings (SSSR count). The fourth-order valence-electron chi connectivity index (χ4n) is 4.95. The summed E-state index contributed by atoms with van der Waals surface area (Å²) in [5.41, 5.74) is 2.49. The highest BCUT2D eigenvalue weighted by molar-refractivity contribution is 5.85. The van der Waals surface area contributed by atoms with E-state index >= 15 is 0 Å². The Hall–Kier alpha value is -2.82. The van der Waals surface area contributed by atoms with Crippen molar-refractivity contribution in [2.75, 3.05) is 19.7 Å². The molecule has 0 spiro atoms. The maximum atomic E-state index is 10.6. The van der Waals surface area contributed by atoms with Gasteiger partial charge in [0.2, 0.25) is 0 Å². The number of nitrogens with zero attached hydrogens (tertiary/aromatic N) is 1. The van der Waals surface area contributed by atoms with E-state index in [1.165, 1.54) is 16.3 Å². The average molecular weight is 415 g/mol. The van der Waals surface area contributed by atoms with E-state index in [0.717, 1.165) is 36.0 Å². The van der Waals surface area contributed by atoms with Crippen LogP contribution in [0.5, 0.6) is 5.75 Å². The molecule has 1 saturated heterocycles. The van der Waals surface area contributed by atoms with Gasteiger partial charge in [-0.1, -0.05) is 48.5 Å². The summed E-state index contributed by atoms with van der Waals surface area (Å²) in [7, 11) is 0. The lowest BCUT2D eigenvalue weighted by Gasteiger charge is -2.39. The highest BCUT2D eigenvalue weighted by Crippen LogP contribution is 2.33. The van der Waals surface area contributed by atoms with Gasteiger partial charge in [0.15, 0.2) is 0 Å². The molecule has 0 aliphatic carbocycles. The van der Waals surface area contributed by atoms with Gasteiger partial charge in [0.05, 0.1) is 0 Å². The van der Waals surface area contributed by atoms with Crippen LogP contribution in [0, 0.1) is 0 Å². The molecule has 1 aliphatic rings. The average Bonchev–Trinajstić information content (AvgIpc) is 3.28. The summed E-state index contributed by atoms with van der Waals surface area (Å²) in [6.45, 7) is 4.24. The molecule has 31 heavy (non-hydrogen) atoms. The van der Waals surface area contributed by atoms with E-state index in [2.05, 4.69) is 59.3 Å². The second-order valence-electron chi connectivity index (χ2n) is 8.83. The molecule has 2 heterocycles. The Balaban J connectivity index is 1.17. The van der Waals surface area contributed by atoms with Crippen molar-refractivity contribution in [1.29, 1.82) is 0 Å². The number of aliphatic hydroxyl groups excluding tert-OH is 1. The summed E-state index contributed by atoms with van der Waals surface area (Å²) >= 11 is 0. The lowest BCUT2D eigenvalue weighted by molar-refractivity contribution is 0.0406. The molecular formula is C27H30N2O2. The Kier molecular flexibility index (Phi) is 5.66. The minimum Gasteiger partial charge on any atom is -0.490 e. The van der Waals surface area contributed by atoms with E-state index in [-0.39, 0.29) is 0 Å². The van der Waals surface area contributed by atoms with Crippen LogP contribution in [0.2, 0.25) is 0 Å². The van der Waals surface area contributed by atoms with Gasteiger partial charge >= 0.3 is 0 Å². The standard InChI is InChI=1S/C27H30N2O2/c1-19-15-23(22-10-9-20-5-2-3-6-21(20)16-22)12-14-29(19)17-24(30)18-31-27-8-4-7-26-25(27)11-13-28-26/h2-11,13,16,19,23-24,28,30H,12,14-15,17-18H2,1H3/t19-,23-,24+/m1/s1. The number of hydrogen-bond donors (Lipinski definition) is 2. The molecule has 160 valence electrons. The Bertz CT molecular complexity index is 1170. The second kappa shape index (κ2) is 8.74. The molecule has 0 bridgehead atoms. The third kappa shape index (κ3) is 4.32. The number of β-amino-alcohol motifs (C(OH)–C–C–N with tert-alkyl or cyclic N) is 1. The van der Waals surface area contributed by atoms with Crippen molar-refractivity contribution in [3.63, 3.8) is 0 Å². The van der Waals surface area contributed by atoms with Crippen molar-refractivity contribution in [3.05, 3.63) is 78.5 Å². The van der Waals surface area contributed by atoms with Crippen LogP contribution < -0.4 is 4.74 Å². The van der Waals surface area contributed by atoms with Crippen LogP contribution in [-0.2, 0) is 0 Å². The molecule has 4 heteroatoms. The zero-order valence-corrected chi connectivity index (χ0v) is 18.0. The van der Waals surface area contributed by atoms with Crippen molar-refractivity contribution in [2.45, 2.75) is 37.8 Å². The molecule has 1 aromatic heterocycles. The number of ether oxygens (including phenoxy) is 1. The van der Waals surface area contributed by atoms with E-state index in [0.29, 0.717) is 25.1 Å². The van der Waals surface area contributed by atoms with Crippen LogP contribution in [0.4, 0.5) is 0 Å². The summed E-state index contributed by atoms with van der Waals surface area (Å²) in [5.74, 6) is 1.40. The van der Waals surface area contributed by atoms with Crippen LogP contribution >= 0.6 is 0 Å². The van der Waals surface area contributed by atoms with Crippen LogP contribution in [-0.4, -0.2) is 46.8 Å². The van der Waals surface area contributed by atoms with Gasteiger partial charge in [-0.3, -0.25) is 4.90 Å². The van der Waals surface area contributed by atoms with Gasteiger partial charge in [0.25, 0.3) is 0 Å². The van der Waals surface area contributed by atoms with Gasteiger partial charge in [-0.15, -0.1) is 0 Å². The Morgan fingerprint density at radius 3 is 2.81 bits per heavy atom. The number of aromatic amines is 1. The number of H-pyrrole nitrogens is 1. The summed E-state index contributed by atoms with van der Waals surface area (Å²) in [5, 5.41) is 14.3. The summed E-state index contributed by atoms with van der Waals surface area (Å²) < 4.78 is 5.95. The highest BCUT2D eigenvalue weighted by atomic mass is 16.5. The molecule has 0 amide bonds. The maximum Gasteiger partial charge on any atom is 0.128 e. The molecule has 3 aromatic carbocycles. The molecule has 4 nitrogen and oxygen atoms in total. The molecule has 0 radical (unpaired) electrons. The molecule has 1 aliphatic heterocycles. The first-order valence-electron chi connectivity index (χ1n) is 11.3. The smallest absolute Gasteiger partial charge is 0.128 e. The van der Waals surface area contributed by atoms with Crippen LogP contribution in [0.25, 0.3) is 21.7 Å². The molecule has 0 unspecified atom stereocenters. The number of benzene rings is 3. The number of fused-ring (bicyclic) bond motifs is 2. The van der Waals surface area contributed by atoms with E-state index in [4.69, 9.17) is 4.74 Å². The predicted molar refractivity (Wildman–Crippen MR) is 127 cm³/mol. The first kappa shape index (κ1) is 20.1. The minimum atomic E-state index is -0.506. The number of likely N-dealkylation sites (tertiary alicyclic amines) is 1. The Morgan fingerprint density at radius 1 is 1.06 bits per heavy atom. The largest absolute Gasteiger partial charge is 0.490 e. The minimum absolute atomic E-state index is 0.307. The zero-order chi connectivity index (χ0) is 21.2. The second-order valence-corrected chi connectivity index (χ2v) is 8.83. The topological polar surface area (TPSA) is 48.5 Å². The van der Waals surface area contributed by atoms with E-state index < -0.39 is 6.10 Å². The summed E-state index contributed by atoms with van der Waals surface area (Å²) in [4.78, 5) is 5.60. The van der Waals surface area contributed by atoms with Gasteiger partial charge in [-0.2, -0.15) is 0 Å². The van der Waals surface area contributed by atoms with Gasteiger partial charge < -0.3 is 14.8 Å². The van der Waals surface area contributed by atoms with E-state index in [9.17, 15) is 5.11 Å². The normalized spacial score (nSPS) is 20.8. The molecule has 2 N–H and O–H groups in total. The van der Waals surface area contributed by atoms with Crippen molar-refractivity contribution >= 4 is 21.7 Å². The first-order valence-corrected chi connectivity index (χ1v) is 11.3. The van der Waals surface area contributed by atoms with Gasteiger partial charge in [-0.25, -0.2) is 0 Å². The summed E-state index contributed by atoms with van der Waals surface area (Å²) in [6, 6.07) is 23.9. The third-order valence-electron chi connectivity index (χ3n) is 6.69. The molecule has 0 saturated carbocycles. The van der Waals surface area contributed by atoms with Crippen LogP contribution in [0.3, 0.4) is 0 Å². The maximum absolute atomic E-state index is 10.6. The molecule has 1 fully saturated rings. The van der Waals surface area contributed by atoms with Gasteiger partial charge in [0, 0.05) is 29.7 Å². The lowest BCUT2D eigenvalue weighted by atomic mass is 9.85. The van der Waals surface area contributed by atoms with Crippen molar-refractivity contribution in [1.82, 2.24) is 9.88 Å². The SMILES string of the molecule is C[C@@H]1C[C@H](c2ccc3ccccc3c2)CCN1C[C@H](O)COc1cccc2[nH]ccc12. The first-order chi connectivity index (χ1) is 15.2. The van der Waals surface area contributed by atoms with Gasteiger partial charge in [0.1, 0.15) is 18.5 Å². The number of hydrogen-bond acceptors (Lipinski definition) is 3. The molecule has 4 aromatic rings. The molecule has 3 atom stereocenters. The zero-order valence-electron chi connectivity index (χ0n) is 18.0. The Morgan fingerprint density at radius 2 is 1.94 bits per heavy atom. The number of nitrogens with one attached hydrogen (secondary N) is 1. The van der Waals surface area contributed by atoms with Crippen LogP contribution in [0.1, 0.15) is 31.2 Å². The lowest BCUT2D eigenvalue weighted by Crippen LogP contribution is -2.45. The monoisotopic (exact) mass is 414 g/mol. The van der Waals surface area contributed by atoms with Crippen molar-refractivity contribution in [2.24, 2.45) is 0 Å². The fraction of sp³-hybridized carbons (Fsp3) is 0.333. The predicted octanol–water partition coefficient (Wildman–Crippen LogP) is 5.33. The quantitative estimate of drug-likeness (QED) is 0.448. The fourth-order valence-corrected chi connectivity index (χ4v) is 4.95. The van der Waals surface area contributed by atoms with Gasteiger partial charge in [-0.05, 0) is 66.8 Å². The van der Waals surface area contributed by atoms with E-state index in [1.54, 1.807) is 0 Å². The number of piperidine rings is 1. The molecular weight excluding hydrogens is 384 g/mol. The summed E-state index contributed by atoms with van der Waals surface area (Å²) in [6.07, 6.45) is 3.65. The van der Waals surface area contributed by atoms with E-state index in [1.807, 2.05) is 30.5 Å². The number of aliphatic hydroxyl groups is 1. The number of aromatic nitrogens is 1. The van der Waals surface area contributed by atoms with Crippen LogP contribution in [0.15, 0.2) is 72.9 Å². The number of rotatable bonds is 6.